The number of piperidine rings is 1. The number of carbonyl (C=O) groups excluding carboxylic acids is 1. The summed E-state index contributed by atoms with van der Waals surface area (Å²) in [4.78, 5) is 14.7. The van der Waals surface area contributed by atoms with Gasteiger partial charge in [0.25, 0.3) is 0 Å². The van der Waals surface area contributed by atoms with Crippen molar-refractivity contribution in [2.45, 2.75) is 51.6 Å². The van der Waals surface area contributed by atoms with Crippen LogP contribution in [-0.4, -0.2) is 42.2 Å². The van der Waals surface area contributed by atoms with Crippen LogP contribution in [0.15, 0.2) is 48.5 Å². The topological polar surface area (TPSA) is 41.6 Å². The van der Waals surface area contributed by atoms with Crippen LogP contribution >= 0.6 is 0 Å². The number of ether oxygens (including phenoxy) is 1. The number of amides is 1. The van der Waals surface area contributed by atoms with Gasteiger partial charge in [-0.15, -0.1) is 0 Å². The van der Waals surface area contributed by atoms with E-state index in [1.165, 1.54) is 12.1 Å². The minimum atomic E-state index is -1.13. The lowest BCUT2D eigenvalue weighted by Gasteiger charge is -2.37. The predicted molar refractivity (Wildman–Crippen MR) is 109 cm³/mol. The molecular formula is C23H28F2N2O2. The average Bonchev–Trinajstić information content (AvgIpc) is 2.69. The van der Waals surface area contributed by atoms with E-state index in [4.69, 9.17) is 4.74 Å². The third kappa shape index (κ3) is 6.00. The molecule has 0 saturated carbocycles. The molecule has 29 heavy (non-hydrogen) atoms. The van der Waals surface area contributed by atoms with Gasteiger partial charge in [0.2, 0.25) is 5.91 Å². The molecule has 0 aromatic heterocycles. The zero-order valence-corrected chi connectivity index (χ0v) is 16.9. The third-order valence-corrected chi connectivity index (χ3v) is 5.01. The van der Waals surface area contributed by atoms with E-state index in [0.29, 0.717) is 13.0 Å². The van der Waals surface area contributed by atoms with Crippen LogP contribution in [0.3, 0.4) is 0 Å². The Kier molecular flexibility index (Phi) is 7.20. The summed E-state index contributed by atoms with van der Waals surface area (Å²) in [5, 5.41) is 3.02. The maximum atomic E-state index is 14.6. The van der Waals surface area contributed by atoms with Crippen molar-refractivity contribution in [1.29, 1.82) is 0 Å². The van der Waals surface area contributed by atoms with Crippen LogP contribution < -0.4 is 10.1 Å². The molecule has 156 valence electrons. The van der Waals surface area contributed by atoms with Gasteiger partial charge in [0.05, 0.1) is 18.6 Å². The van der Waals surface area contributed by atoms with Gasteiger partial charge in [0.15, 0.2) is 0 Å². The zero-order chi connectivity index (χ0) is 20.8. The average molecular weight is 402 g/mol. The van der Waals surface area contributed by atoms with Gasteiger partial charge in [-0.1, -0.05) is 24.3 Å². The summed E-state index contributed by atoms with van der Waals surface area (Å²) in [6.07, 6.45) is -0.320. The first-order chi connectivity index (χ1) is 13.9. The predicted octanol–water partition coefficient (Wildman–Crippen LogP) is 3.88. The van der Waals surface area contributed by atoms with Gasteiger partial charge in [-0.25, -0.2) is 8.78 Å². The fourth-order valence-electron chi connectivity index (χ4n) is 3.57. The highest BCUT2D eigenvalue weighted by molar-refractivity contribution is 5.79. The van der Waals surface area contributed by atoms with Crippen LogP contribution in [0.5, 0.6) is 5.75 Å². The van der Waals surface area contributed by atoms with Crippen molar-refractivity contribution in [3.8, 4) is 5.75 Å². The van der Waals surface area contributed by atoms with E-state index < -0.39 is 12.2 Å². The van der Waals surface area contributed by atoms with E-state index in [1.54, 1.807) is 17.0 Å². The van der Waals surface area contributed by atoms with E-state index in [9.17, 15) is 13.6 Å². The number of nitrogens with zero attached hydrogens (tertiary/aromatic N) is 1. The van der Waals surface area contributed by atoms with Gasteiger partial charge >= 0.3 is 0 Å². The molecule has 0 aliphatic carbocycles. The van der Waals surface area contributed by atoms with Crippen LogP contribution in [0.25, 0.3) is 0 Å². The fraction of sp³-hybridized carbons (Fsp3) is 0.435. The monoisotopic (exact) mass is 402 g/mol. The first-order valence-electron chi connectivity index (χ1n) is 10.1. The van der Waals surface area contributed by atoms with Crippen molar-refractivity contribution in [3.63, 3.8) is 0 Å². The van der Waals surface area contributed by atoms with Gasteiger partial charge < -0.3 is 15.0 Å². The highest BCUT2D eigenvalue weighted by atomic mass is 19.1. The zero-order valence-electron chi connectivity index (χ0n) is 16.9. The van der Waals surface area contributed by atoms with Gasteiger partial charge in [0, 0.05) is 13.1 Å². The van der Waals surface area contributed by atoms with Crippen molar-refractivity contribution >= 4 is 5.91 Å². The largest absolute Gasteiger partial charge is 0.491 e. The number of hydrogen-bond acceptors (Lipinski definition) is 3. The van der Waals surface area contributed by atoms with Crippen molar-refractivity contribution in [2.24, 2.45) is 0 Å². The Hall–Kier alpha value is -2.47. The van der Waals surface area contributed by atoms with Crippen LogP contribution in [0.4, 0.5) is 8.78 Å². The number of halogens is 2. The Morgan fingerprint density at radius 1 is 1.14 bits per heavy atom. The maximum absolute atomic E-state index is 14.6. The van der Waals surface area contributed by atoms with E-state index in [-0.39, 0.29) is 37.3 Å². The first-order valence-corrected chi connectivity index (χ1v) is 10.1. The molecule has 1 aliphatic heterocycles. The molecule has 1 amide bonds. The SMILES string of the molecule is CC(C)Oc1ccc(CC(=O)N(Cc2ccc(F)cc2)[C@@H]2CCNC[C@@H]2F)cc1. The second-order valence-electron chi connectivity index (χ2n) is 7.71. The number of carbonyl (C=O) groups is 1. The summed E-state index contributed by atoms with van der Waals surface area (Å²) in [6, 6.07) is 12.9. The fourth-order valence-corrected chi connectivity index (χ4v) is 3.57. The Bertz CT molecular complexity index is 794. The number of alkyl halides is 1. The maximum Gasteiger partial charge on any atom is 0.227 e. The van der Waals surface area contributed by atoms with E-state index in [2.05, 4.69) is 5.32 Å². The second-order valence-corrected chi connectivity index (χ2v) is 7.71. The Balaban J connectivity index is 1.75. The highest BCUT2D eigenvalue weighted by Gasteiger charge is 2.33. The van der Waals surface area contributed by atoms with Gasteiger partial charge in [-0.2, -0.15) is 0 Å². The quantitative estimate of drug-likeness (QED) is 0.764. The standard InChI is InChI=1S/C23H28F2N2O2/c1-16(2)29-20-9-5-17(6-10-20)13-23(28)27(22-11-12-26-14-21(22)25)15-18-3-7-19(24)8-4-18/h3-10,16,21-22,26H,11-15H2,1-2H3/t21-,22+/m0/s1. The number of benzene rings is 2. The summed E-state index contributed by atoms with van der Waals surface area (Å²) >= 11 is 0. The molecule has 0 unspecified atom stereocenters. The Labute approximate surface area is 170 Å². The lowest BCUT2D eigenvalue weighted by atomic mass is 10.0. The Morgan fingerprint density at radius 3 is 2.41 bits per heavy atom. The summed E-state index contributed by atoms with van der Waals surface area (Å²) in [5.41, 5.74) is 1.63. The third-order valence-electron chi connectivity index (χ3n) is 5.01. The molecule has 4 nitrogen and oxygen atoms in total. The normalized spacial score (nSPS) is 19.2. The molecule has 2 aromatic rings. The van der Waals surface area contributed by atoms with E-state index >= 15 is 0 Å². The molecular weight excluding hydrogens is 374 g/mol. The minimum Gasteiger partial charge on any atom is -0.491 e. The van der Waals surface area contributed by atoms with Crippen molar-refractivity contribution in [2.75, 3.05) is 13.1 Å². The lowest BCUT2D eigenvalue weighted by molar-refractivity contribution is -0.135. The molecule has 1 saturated heterocycles. The van der Waals surface area contributed by atoms with Crippen molar-refractivity contribution in [1.82, 2.24) is 10.2 Å². The van der Waals surface area contributed by atoms with E-state index in [0.717, 1.165) is 16.9 Å². The summed E-state index contributed by atoms with van der Waals surface area (Å²) in [7, 11) is 0. The molecule has 1 heterocycles. The summed E-state index contributed by atoms with van der Waals surface area (Å²) < 4.78 is 33.5. The van der Waals surface area contributed by atoms with Crippen molar-refractivity contribution in [3.05, 3.63) is 65.5 Å². The lowest BCUT2D eigenvalue weighted by Crippen LogP contribution is -2.53. The van der Waals surface area contributed by atoms with Crippen LogP contribution in [0, 0.1) is 5.82 Å². The Morgan fingerprint density at radius 2 is 1.79 bits per heavy atom. The summed E-state index contributed by atoms with van der Waals surface area (Å²) in [5.74, 6) is 0.281. The molecule has 1 fully saturated rings. The summed E-state index contributed by atoms with van der Waals surface area (Å²) in [6.45, 7) is 5.08. The second kappa shape index (κ2) is 9.83. The van der Waals surface area contributed by atoms with E-state index in [1.807, 2.05) is 38.1 Å². The minimum absolute atomic E-state index is 0.0788. The highest BCUT2D eigenvalue weighted by Crippen LogP contribution is 2.21. The molecule has 0 spiro atoms. The van der Waals surface area contributed by atoms with Crippen molar-refractivity contribution < 1.29 is 18.3 Å². The van der Waals surface area contributed by atoms with Gasteiger partial charge in [0.1, 0.15) is 17.7 Å². The molecule has 6 heteroatoms. The molecule has 0 bridgehead atoms. The first kappa shape index (κ1) is 21.2. The number of rotatable bonds is 7. The van der Waals surface area contributed by atoms with Gasteiger partial charge in [-0.3, -0.25) is 4.79 Å². The molecule has 1 aliphatic rings. The van der Waals surface area contributed by atoms with Crippen LogP contribution in [0.1, 0.15) is 31.4 Å². The number of nitrogens with one attached hydrogen (secondary N) is 1. The molecule has 2 aromatic carbocycles. The molecule has 0 radical (unpaired) electrons. The van der Waals surface area contributed by atoms with Crippen LogP contribution in [0.2, 0.25) is 0 Å². The molecule has 1 N–H and O–H groups in total. The van der Waals surface area contributed by atoms with Gasteiger partial charge in [-0.05, 0) is 62.2 Å². The smallest absolute Gasteiger partial charge is 0.227 e. The van der Waals surface area contributed by atoms with Crippen LogP contribution in [-0.2, 0) is 17.8 Å². The molecule has 3 rings (SSSR count). The molecule has 2 atom stereocenters. The number of hydrogen-bond donors (Lipinski definition) is 1.